The van der Waals surface area contributed by atoms with Crippen LogP contribution >= 0.6 is 0 Å². The summed E-state index contributed by atoms with van der Waals surface area (Å²) in [6.45, 7) is 3.31. The topological polar surface area (TPSA) is 87.6 Å². The number of amides is 1. The maximum absolute atomic E-state index is 12.9. The van der Waals surface area contributed by atoms with Crippen LogP contribution in [0.15, 0.2) is 24.4 Å². The first-order valence-corrected chi connectivity index (χ1v) is 11.6. The molecule has 4 aliphatic carbocycles. The predicted molar refractivity (Wildman–Crippen MR) is 117 cm³/mol. The summed E-state index contributed by atoms with van der Waals surface area (Å²) >= 11 is 0. The molecule has 31 heavy (non-hydrogen) atoms. The zero-order valence-electron chi connectivity index (χ0n) is 18.0. The number of carbonyl (C=O) groups excluding carboxylic acids is 1. The number of nitrogens with zero attached hydrogens (tertiary/aromatic N) is 3. The summed E-state index contributed by atoms with van der Waals surface area (Å²) in [6.07, 6.45) is 7.19. The molecule has 7 heteroatoms. The van der Waals surface area contributed by atoms with Gasteiger partial charge < -0.3 is 20.1 Å². The lowest BCUT2D eigenvalue weighted by atomic mass is 9.53. The smallest absolute Gasteiger partial charge is 0.410 e. The van der Waals surface area contributed by atoms with E-state index >= 15 is 0 Å². The van der Waals surface area contributed by atoms with Crippen LogP contribution in [0.2, 0.25) is 0 Å². The van der Waals surface area contributed by atoms with Crippen LogP contribution in [0.1, 0.15) is 44.2 Å². The normalized spacial score (nSPS) is 36.2. The quantitative estimate of drug-likeness (QED) is 0.787. The van der Waals surface area contributed by atoms with Crippen LogP contribution in [0.4, 0.5) is 10.6 Å². The molecule has 5 fully saturated rings. The van der Waals surface area contributed by atoms with Crippen molar-refractivity contribution in [2.75, 3.05) is 18.4 Å². The van der Waals surface area contributed by atoms with E-state index in [1.807, 2.05) is 30.0 Å². The van der Waals surface area contributed by atoms with Crippen LogP contribution in [-0.4, -0.2) is 56.9 Å². The van der Waals surface area contributed by atoms with Gasteiger partial charge in [0.05, 0.1) is 11.1 Å². The van der Waals surface area contributed by atoms with Gasteiger partial charge in [0.1, 0.15) is 11.9 Å². The molecule has 0 radical (unpaired) electrons. The average Bonchev–Trinajstić information content (AvgIpc) is 3.18. The summed E-state index contributed by atoms with van der Waals surface area (Å²) < 4.78 is 6.05. The van der Waals surface area contributed by atoms with Crippen molar-refractivity contribution in [3.8, 4) is 0 Å². The van der Waals surface area contributed by atoms with Gasteiger partial charge >= 0.3 is 6.09 Å². The van der Waals surface area contributed by atoms with Crippen LogP contribution in [0.5, 0.6) is 0 Å². The van der Waals surface area contributed by atoms with Crippen molar-refractivity contribution in [2.24, 2.45) is 17.8 Å². The number of pyridine rings is 2. The van der Waals surface area contributed by atoms with Gasteiger partial charge in [-0.2, -0.15) is 0 Å². The standard InChI is InChI=1S/C24H30N4O3/c1-14-19-2-3-21(27-20(19)4-6-25-14)26-18-5-7-28(13-18)23(29)31-22-16-8-15-9-17(22)12-24(30,10-15)11-16/h2-4,6,15-18,22,30H,5,7-13H2,1H3,(H,26,27)/t15?,16?,17?,18-,22?,24?/m1/s1. The van der Waals surface area contributed by atoms with Gasteiger partial charge in [0.15, 0.2) is 0 Å². The number of hydrogen-bond donors (Lipinski definition) is 2. The predicted octanol–water partition coefficient (Wildman–Crippen LogP) is 3.50. The maximum atomic E-state index is 12.9. The molecule has 5 aliphatic rings. The molecule has 7 nitrogen and oxygen atoms in total. The van der Waals surface area contributed by atoms with Gasteiger partial charge in [0.2, 0.25) is 0 Å². The largest absolute Gasteiger partial charge is 0.446 e. The third-order valence-electron chi connectivity index (χ3n) is 8.00. The summed E-state index contributed by atoms with van der Waals surface area (Å²) in [7, 11) is 0. The summed E-state index contributed by atoms with van der Waals surface area (Å²) in [6, 6.07) is 6.12. The highest BCUT2D eigenvalue weighted by atomic mass is 16.6. The summed E-state index contributed by atoms with van der Waals surface area (Å²) in [5.41, 5.74) is 1.40. The molecule has 2 unspecified atom stereocenters. The third kappa shape index (κ3) is 3.43. The first-order valence-electron chi connectivity index (χ1n) is 11.6. The van der Waals surface area contributed by atoms with Crippen LogP contribution < -0.4 is 5.32 Å². The number of aromatic nitrogens is 2. The van der Waals surface area contributed by atoms with Crippen LogP contribution in [0.3, 0.4) is 0 Å². The fourth-order valence-electron chi connectivity index (χ4n) is 6.85. The van der Waals surface area contributed by atoms with E-state index in [1.165, 1.54) is 0 Å². The van der Waals surface area contributed by atoms with Crippen molar-refractivity contribution in [2.45, 2.75) is 63.2 Å². The zero-order chi connectivity index (χ0) is 21.2. The molecule has 3 atom stereocenters. The highest BCUT2D eigenvalue weighted by Gasteiger charge is 2.56. The highest BCUT2D eigenvalue weighted by molar-refractivity contribution is 5.82. The number of rotatable bonds is 3. The molecule has 1 amide bonds. The minimum absolute atomic E-state index is 0.0182. The fourth-order valence-corrected chi connectivity index (χ4v) is 6.85. The van der Waals surface area contributed by atoms with Gasteiger partial charge in [0, 0.05) is 36.4 Å². The minimum Gasteiger partial charge on any atom is -0.446 e. The van der Waals surface area contributed by atoms with Crippen LogP contribution in [-0.2, 0) is 4.74 Å². The Labute approximate surface area is 182 Å². The van der Waals surface area contributed by atoms with Crippen LogP contribution in [0.25, 0.3) is 10.9 Å². The number of ether oxygens (including phenoxy) is 1. The second-order valence-electron chi connectivity index (χ2n) is 10.3. The van der Waals surface area contributed by atoms with E-state index in [4.69, 9.17) is 9.72 Å². The highest BCUT2D eigenvalue weighted by Crippen LogP contribution is 2.56. The van der Waals surface area contributed by atoms with E-state index in [2.05, 4.69) is 10.3 Å². The Morgan fingerprint density at radius 3 is 2.81 bits per heavy atom. The van der Waals surface area contributed by atoms with Crippen molar-refractivity contribution in [1.82, 2.24) is 14.9 Å². The molecular formula is C24H30N4O3. The molecule has 2 aromatic rings. The van der Waals surface area contributed by atoms with Crippen LogP contribution in [0, 0.1) is 24.7 Å². The van der Waals surface area contributed by atoms with Gasteiger partial charge in [-0.1, -0.05) is 0 Å². The number of anilines is 1. The van der Waals surface area contributed by atoms with Crippen molar-refractivity contribution in [3.05, 3.63) is 30.1 Å². The molecule has 7 rings (SSSR count). The second kappa shape index (κ2) is 7.05. The molecule has 4 bridgehead atoms. The number of hydrogen-bond acceptors (Lipinski definition) is 6. The Morgan fingerprint density at radius 1 is 1.23 bits per heavy atom. The maximum Gasteiger partial charge on any atom is 0.410 e. The Bertz CT molecular complexity index is 1010. The second-order valence-corrected chi connectivity index (χ2v) is 10.3. The number of carbonyl (C=O) groups is 1. The number of aliphatic hydroxyl groups is 1. The lowest BCUT2D eigenvalue weighted by Crippen LogP contribution is -2.58. The molecule has 2 N–H and O–H groups in total. The molecule has 4 saturated carbocycles. The van der Waals surface area contributed by atoms with Crippen molar-refractivity contribution >= 4 is 22.8 Å². The van der Waals surface area contributed by atoms with E-state index in [0.717, 1.165) is 60.9 Å². The molecule has 0 spiro atoms. The Morgan fingerprint density at radius 2 is 2.03 bits per heavy atom. The average molecular weight is 423 g/mol. The van der Waals surface area contributed by atoms with Gasteiger partial charge in [-0.3, -0.25) is 4.98 Å². The van der Waals surface area contributed by atoms with Gasteiger partial charge in [-0.05, 0) is 81.4 Å². The molecule has 164 valence electrons. The van der Waals surface area contributed by atoms with E-state index in [9.17, 15) is 9.90 Å². The molecule has 0 aromatic carbocycles. The molecular weight excluding hydrogens is 392 g/mol. The van der Waals surface area contributed by atoms with E-state index < -0.39 is 5.60 Å². The Kier molecular flexibility index (Phi) is 4.39. The first-order chi connectivity index (χ1) is 15.0. The summed E-state index contributed by atoms with van der Waals surface area (Å²) in [5, 5.41) is 15.3. The lowest BCUT2D eigenvalue weighted by molar-refractivity contribution is -0.177. The van der Waals surface area contributed by atoms with E-state index in [0.29, 0.717) is 30.8 Å². The summed E-state index contributed by atoms with van der Waals surface area (Å²) in [4.78, 5) is 23.8. The third-order valence-corrected chi connectivity index (χ3v) is 8.00. The van der Waals surface area contributed by atoms with Crippen molar-refractivity contribution in [3.63, 3.8) is 0 Å². The number of fused-ring (bicyclic) bond motifs is 1. The Balaban J connectivity index is 1.08. The lowest BCUT2D eigenvalue weighted by Gasteiger charge is -2.57. The molecule has 3 heterocycles. The van der Waals surface area contributed by atoms with Gasteiger partial charge in [-0.25, -0.2) is 9.78 Å². The molecule has 2 aromatic heterocycles. The number of aryl methyl sites for hydroxylation is 1. The SMILES string of the molecule is Cc1nccc2nc(N[C@@H]3CCN(C(=O)OC4C5CC6CC4CC(O)(C6)C5)C3)ccc12. The molecule has 1 aliphatic heterocycles. The number of nitrogens with one attached hydrogen (secondary N) is 1. The number of likely N-dealkylation sites (tertiary alicyclic amines) is 1. The Hall–Kier alpha value is -2.41. The fraction of sp³-hybridized carbons (Fsp3) is 0.625. The molecule has 1 saturated heterocycles. The van der Waals surface area contributed by atoms with Crippen molar-refractivity contribution in [1.29, 1.82) is 0 Å². The van der Waals surface area contributed by atoms with E-state index in [-0.39, 0.29) is 18.2 Å². The zero-order valence-corrected chi connectivity index (χ0v) is 18.0. The van der Waals surface area contributed by atoms with E-state index in [1.54, 1.807) is 6.20 Å². The first kappa shape index (κ1) is 19.3. The minimum atomic E-state index is -0.497. The van der Waals surface area contributed by atoms with Gasteiger partial charge in [-0.15, -0.1) is 0 Å². The van der Waals surface area contributed by atoms with Crippen molar-refractivity contribution < 1.29 is 14.6 Å². The summed E-state index contributed by atoms with van der Waals surface area (Å²) in [5.74, 6) is 2.10. The van der Waals surface area contributed by atoms with Gasteiger partial charge in [0.25, 0.3) is 0 Å². The monoisotopic (exact) mass is 422 g/mol.